The molecule has 1 fully saturated rings. The third-order valence-corrected chi connectivity index (χ3v) is 16.3. The first kappa shape index (κ1) is 28.7. The molecule has 0 bridgehead atoms. The van der Waals surface area contributed by atoms with Crippen molar-refractivity contribution in [1.29, 1.82) is 0 Å². The first-order chi connectivity index (χ1) is 15.3. The average molecular weight is 515 g/mol. The van der Waals surface area contributed by atoms with Gasteiger partial charge in [0.05, 0.1) is 6.61 Å². The van der Waals surface area contributed by atoms with Crippen LogP contribution in [0.4, 0.5) is 0 Å². The Bertz CT molecular complexity index is 989. The standard InChI is InChI=1S/C23H42N2O7Si2/c1-15(26)30-18-16(14-29-33(8,9)22(2,3)4)31-20(25-13-12-17(27)24-21(25)28)19(18)32-34(10,11)23(5,6)7/h12-13,16,18-20H,14H2,1-11H3,(H,24,27,28)/t16-,18+,19?,20-/m1/s1. The van der Waals surface area contributed by atoms with Crippen LogP contribution < -0.4 is 11.2 Å². The van der Waals surface area contributed by atoms with E-state index in [1.807, 2.05) is 0 Å². The van der Waals surface area contributed by atoms with E-state index in [0.717, 1.165) is 0 Å². The van der Waals surface area contributed by atoms with Gasteiger partial charge in [-0.1, -0.05) is 41.5 Å². The maximum Gasteiger partial charge on any atom is 0.330 e. The molecule has 0 aromatic carbocycles. The fourth-order valence-corrected chi connectivity index (χ4v) is 5.48. The van der Waals surface area contributed by atoms with Crippen molar-refractivity contribution < 1.29 is 23.1 Å². The van der Waals surface area contributed by atoms with Crippen LogP contribution in [0.5, 0.6) is 0 Å². The number of nitrogens with zero attached hydrogens (tertiary/aromatic N) is 1. The number of carbonyl (C=O) groups excluding carboxylic acids is 1. The molecule has 1 aromatic rings. The lowest BCUT2D eigenvalue weighted by molar-refractivity contribution is -0.153. The number of H-pyrrole nitrogens is 1. The van der Waals surface area contributed by atoms with Crippen LogP contribution >= 0.6 is 0 Å². The summed E-state index contributed by atoms with van der Waals surface area (Å²) in [5.41, 5.74) is -1.12. The molecule has 9 nitrogen and oxygen atoms in total. The summed E-state index contributed by atoms with van der Waals surface area (Å²) in [6.45, 7) is 22.7. The molecule has 4 atom stereocenters. The Morgan fingerprint density at radius 3 is 2.06 bits per heavy atom. The van der Waals surface area contributed by atoms with E-state index in [1.54, 1.807) is 0 Å². The number of nitrogens with one attached hydrogen (secondary N) is 1. The Morgan fingerprint density at radius 2 is 1.59 bits per heavy atom. The summed E-state index contributed by atoms with van der Waals surface area (Å²) in [5, 5.41) is -0.154. The van der Waals surface area contributed by atoms with Gasteiger partial charge in [0.15, 0.2) is 29.0 Å². The number of aromatic nitrogens is 2. The molecule has 194 valence electrons. The van der Waals surface area contributed by atoms with Crippen molar-refractivity contribution in [1.82, 2.24) is 9.55 Å². The van der Waals surface area contributed by atoms with Gasteiger partial charge in [0.25, 0.3) is 5.56 Å². The third-order valence-electron chi connectivity index (χ3n) is 7.36. The van der Waals surface area contributed by atoms with Gasteiger partial charge in [0.1, 0.15) is 12.2 Å². The molecule has 11 heteroatoms. The molecule has 1 aliphatic rings. The van der Waals surface area contributed by atoms with Crippen molar-refractivity contribution in [3.63, 3.8) is 0 Å². The lowest BCUT2D eigenvalue weighted by Gasteiger charge is -2.40. The van der Waals surface area contributed by atoms with E-state index < -0.39 is 58.4 Å². The Morgan fingerprint density at radius 1 is 1.03 bits per heavy atom. The molecular formula is C23H42N2O7Si2. The van der Waals surface area contributed by atoms with Crippen molar-refractivity contribution in [2.75, 3.05) is 6.61 Å². The number of rotatable bonds is 7. The smallest absolute Gasteiger partial charge is 0.330 e. The minimum atomic E-state index is -2.38. The SMILES string of the molecule is CC(=O)O[C@@H]1C(O[Si](C)(C)C(C)(C)C)[C@H](n2ccc(=O)[nH]c2=O)O[C@@H]1CO[Si](C)(C)C(C)(C)C. The van der Waals surface area contributed by atoms with Crippen molar-refractivity contribution >= 4 is 22.6 Å². The molecule has 0 aliphatic carbocycles. The van der Waals surface area contributed by atoms with Gasteiger partial charge in [0.2, 0.25) is 0 Å². The zero-order valence-electron chi connectivity index (χ0n) is 22.5. The molecule has 0 spiro atoms. The number of carbonyl (C=O) groups is 1. The summed E-state index contributed by atoms with van der Waals surface area (Å²) in [6, 6.07) is 1.26. The van der Waals surface area contributed by atoms with Gasteiger partial charge >= 0.3 is 11.7 Å². The van der Waals surface area contributed by atoms with E-state index in [-0.39, 0.29) is 16.7 Å². The van der Waals surface area contributed by atoms with Crippen molar-refractivity contribution in [3.05, 3.63) is 33.1 Å². The van der Waals surface area contributed by atoms with Gasteiger partial charge in [-0.3, -0.25) is 19.1 Å². The molecule has 1 N–H and O–H groups in total. The quantitative estimate of drug-likeness (QED) is 0.436. The predicted octanol–water partition coefficient (Wildman–Crippen LogP) is 3.78. The van der Waals surface area contributed by atoms with E-state index in [0.29, 0.717) is 0 Å². The summed E-state index contributed by atoms with van der Waals surface area (Å²) < 4.78 is 26.5. The Kier molecular flexibility index (Phi) is 8.31. The fraction of sp³-hybridized carbons (Fsp3) is 0.783. The van der Waals surface area contributed by atoms with Crippen LogP contribution in [0.25, 0.3) is 0 Å². The van der Waals surface area contributed by atoms with E-state index in [2.05, 4.69) is 72.7 Å². The molecule has 2 heterocycles. The Balaban J connectivity index is 2.52. The van der Waals surface area contributed by atoms with Crippen LogP contribution in [-0.4, -0.2) is 57.1 Å². The summed E-state index contributed by atoms with van der Waals surface area (Å²) >= 11 is 0. The van der Waals surface area contributed by atoms with Crippen LogP contribution in [0.3, 0.4) is 0 Å². The van der Waals surface area contributed by atoms with E-state index >= 15 is 0 Å². The van der Waals surface area contributed by atoms with Gasteiger partial charge in [0, 0.05) is 19.2 Å². The average Bonchev–Trinajstić information content (AvgIpc) is 2.94. The highest BCUT2D eigenvalue weighted by atomic mass is 28.4. The molecule has 34 heavy (non-hydrogen) atoms. The summed E-state index contributed by atoms with van der Waals surface area (Å²) in [6.07, 6.45) is -1.68. The van der Waals surface area contributed by atoms with Gasteiger partial charge < -0.3 is 18.3 Å². The van der Waals surface area contributed by atoms with Crippen LogP contribution in [-0.2, 0) is 23.1 Å². The number of hydrogen-bond donors (Lipinski definition) is 1. The minimum absolute atomic E-state index is 0.0190. The molecule has 0 saturated carbocycles. The highest BCUT2D eigenvalue weighted by Gasteiger charge is 2.53. The van der Waals surface area contributed by atoms with E-state index in [9.17, 15) is 14.4 Å². The molecule has 1 unspecified atom stereocenters. The Hall–Kier alpha value is -1.54. The van der Waals surface area contributed by atoms with Crippen LogP contribution in [0.1, 0.15) is 54.7 Å². The number of hydrogen-bond acceptors (Lipinski definition) is 7. The van der Waals surface area contributed by atoms with Crippen molar-refractivity contribution in [2.24, 2.45) is 0 Å². The topological polar surface area (TPSA) is 109 Å². The second kappa shape index (κ2) is 9.84. The van der Waals surface area contributed by atoms with Crippen LogP contribution in [0, 0.1) is 0 Å². The highest BCUT2D eigenvalue weighted by Crippen LogP contribution is 2.43. The minimum Gasteiger partial charge on any atom is -0.457 e. The van der Waals surface area contributed by atoms with Gasteiger partial charge in [-0.15, -0.1) is 0 Å². The first-order valence-corrected chi connectivity index (χ1v) is 17.5. The van der Waals surface area contributed by atoms with Crippen molar-refractivity contribution in [3.8, 4) is 0 Å². The maximum absolute atomic E-state index is 12.7. The number of aromatic amines is 1. The monoisotopic (exact) mass is 514 g/mol. The fourth-order valence-electron chi connectivity index (χ4n) is 3.18. The molecule has 1 saturated heterocycles. The highest BCUT2D eigenvalue weighted by molar-refractivity contribution is 6.74. The lowest BCUT2D eigenvalue weighted by Crippen LogP contribution is -2.51. The summed E-state index contributed by atoms with van der Waals surface area (Å²) in [4.78, 5) is 38.7. The summed E-state index contributed by atoms with van der Waals surface area (Å²) in [5.74, 6) is -0.468. The van der Waals surface area contributed by atoms with Crippen LogP contribution in [0.2, 0.25) is 36.3 Å². The first-order valence-electron chi connectivity index (χ1n) is 11.7. The molecule has 2 rings (SSSR count). The van der Waals surface area contributed by atoms with E-state index in [1.165, 1.54) is 23.8 Å². The van der Waals surface area contributed by atoms with Crippen LogP contribution in [0.15, 0.2) is 21.9 Å². The number of esters is 1. The molecule has 1 aromatic heterocycles. The Labute approximate surface area is 204 Å². The second-order valence-corrected chi connectivity index (χ2v) is 21.6. The number of ether oxygens (including phenoxy) is 2. The predicted molar refractivity (Wildman–Crippen MR) is 136 cm³/mol. The van der Waals surface area contributed by atoms with E-state index in [4.69, 9.17) is 18.3 Å². The normalized spacial score (nSPS) is 24.3. The van der Waals surface area contributed by atoms with Gasteiger partial charge in [-0.2, -0.15) is 0 Å². The lowest BCUT2D eigenvalue weighted by atomic mass is 10.1. The maximum atomic E-state index is 12.7. The molecule has 0 radical (unpaired) electrons. The second-order valence-electron chi connectivity index (χ2n) is 12.1. The molecule has 1 aliphatic heterocycles. The largest absolute Gasteiger partial charge is 0.457 e. The zero-order chi connectivity index (χ0) is 26.3. The molecular weight excluding hydrogens is 472 g/mol. The van der Waals surface area contributed by atoms with Crippen molar-refractivity contribution in [2.45, 2.75) is 109 Å². The summed E-state index contributed by atoms with van der Waals surface area (Å²) in [7, 11) is -4.50. The third kappa shape index (κ3) is 6.36. The van der Waals surface area contributed by atoms with Gasteiger partial charge in [-0.25, -0.2) is 4.79 Å². The van der Waals surface area contributed by atoms with Gasteiger partial charge in [-0.05, 0) is 36.3 Å². The zero-order valence-corrected chi connectivity index (χ0v) is 24.5. The molecule has 0 amide bonds.